The average Bonchev–Trinajstić information content (AvgIpc) is 3.22. The van der Waals surface area contributed by atoms with Gasteiger partial charge in [-0.25, -0.2) is 0 Å². The maximum Gasteiger partial charge on any atom is 0.231 e. The highest BCUT2D eigenvalue weighted by Crippen LogP contribution is 2.32. The summed E-state index contributed by atoms with van der Waals surface area (Å²) in [6, 6.07) is 6.19. The van der Waals surface area contributed by atoms with Crippen LogP contribution in [-0.4, -0.2) is 25.3 Å². The van der Waals surface area contributed by atoms with Crippen LogP contribution in [0.15, 0.2) is 54.3 Å². The van der Waals surface area contributed by atoms with E-state index in [-0.39, 0.29) is 12.7 Å². The van der Waals surface area contributed by atoms with E-state index < -0.39 is 0 Å². The number of nitrogens with one attached hydrogen (secondary N) is 2. The standard InChI is InChI=1S/C19H20N2O3/c22-19(10-14-11-21-16-4-2-1-3-15(14)16)20-8-7-13-5-6-17-18(9-13)24-12-23-17/h1-6,9,11,15-16,21H,7-8,10,12H2,(H,20,22). The van der Waals surface area contributed by atoms with E-state index in [9.17, 15) is 4.79 Å². The van der Waals surface area contributed by atoms with Crippen molar-refractivity contribution in [3.63, 3.8) is 0 Å². The molecule has 1 amide bonds. The molecule has 1 aliphatic carbocycles. The molecule has 2 heterocycles. The molecule has 1 aromatic carbocycles. The van der Waals surface area contributed by atoms with Crippen molar-refractivity contribution in [1.82, 2.24) is 10.6 Å². The molecular weight excluding hydrogens is 304 g/mol. The molecule has 2 aliphatic heterocycles. The zero-order valence-corrected chi connectivity index (χ0v) is 13.3. The van der Waals surface area contributed by atoms with Gasteiger partial charge in [0.2, 0.25) is 12.7 Å². The van der Waals surface area contributed by atoms with Crippen molar-refractivity contribution in [1.29, 1.82) is 0 Å². The molecule has 0 saturated heterocycles. The Morgan fingerprint density at radius 1 is 1.21 bits per heavy atom. The van der Waals surface area contributed by atoms with Gasteiger partial charge in [-0.1, -0.05) is 30.4 Å². The lowest BCUT2D eigenvalue weighted by atomic mass is 9.89. The zero-order valence-electron chi connectivity index (χ0n) is 13.3. The Labute approximate surface area is 141 Å². The number of hydrogen-bond acceptors (Lipinski definition) is 4. The van der Waals surface area contributed by atoms with Crippen molar-refractivity contribution in [3.05, 3.63) is 59.8 Å². The molecule has 2 unspecified atom stereocenters. The van der Waals surface area contributed by atoms with Crippen molar-refractivity contribution in [2.75, 3.05) is 13.3 Å². The largest absolute Gasteiger partial charge is 0.454 e. The van der Waals surface area contributed by atoms with Gasteiger partial charge in [-0.05, 0) is 35.9 Å². The van der Waals surface area contributed by atoms with E-state index in [1.165, 1.54) is 0 Å². The first-order chi connectivity index (χ1) is 11.8. The zero-order chi connectivity index (χ0) is 16.4. The fourth-order valence-corrected chi connectivity index (χ4v) is 3.28. The molecule has 5 heteroatoms. The van der Waals surface area contributed by atoms with Crippen LogP contribution < -0.4 is 20.1 Å². The number of ether oxygens (including phenoxy) is 2. The Balaban J connectivity index is 1.25. The van der Waals surface area contributed by atoms with Gasteiger partial charge in [0.05, 0.1) is 6.04 Å². The summed E-state index contributed by atoms with van der Waals surface area (Å²) in [6.07, 6.45) is 11.5. The molecule has 0 fully saturated rings. The number of allylic oxidation sites excluding steroid dienone is 2. The lowest BCUT2D eigenvalue weighted by Gasteiger charge is -2.18. The third-order valence-electron chi connectivity index (χ3n) is 4.56. The molecule has 1 aromatic rings. The van der Waals surface area contributed by atoms with Crippen LogP contribution in [0.25, 0.3) is 0 Å². The molecule has 0 spiro atoms. The van der Waals surface area contributed by atoms with Crippen LogP contribution in [0, 0.1) is 5.92 Å². The van der Waals surface area contributed by atoms with Crippen molar-refractivity contribution in [2.45, 2.75) is 18.9 Å². The molecule has 2 atom stereocenters. The summed E-state index contributed by atoms with van der Waals surface area (Å²) < 4.78 is 10.7. The summed E-state index contributed by atoms with van der Waals surface area (Å²) in [5, 5.41) is 6.31. The van der Waals surface area contributed by atoms with Crippen molar-refractivity contribution < 1.29 is 14.3 Å². The van der Waals surface area contributed by atoms with E-state index in [0.29, 0.717) is 24.9 Å². The first kappa shape index (κ1) is 14.9. The predicted molar refractivity (Wildman–Crippen MR) is 90.7 cm³/mol. The lowest BCUT2D eigenvalue weighted by molar-refractivity contribution is -0.120. The third-order valence-corrected chi connectivity index (χ3v) is 4.56. The molecule has 0 saturated carbocycles. The van der Waals surface area contributed by atoms with Gasteiger partial charge in [-0.3, -0.25) is 4.79 Å². The summed E-state index contributed by atoms with van der Waals surface area (Å²) >= 11 is 0. The van der Waals surface area contributed by atoms with Crippen LogP contribution in [0.4, 0.5) is 0 Å². The van der Waals surface area contributed by atoms with Gasteiger partial charge in [0.25, 0.3) is 0 Å². The molecule has 2 N–H and O–H groups in total. The van der Waals surface area contributed by atoms with Gasteiger partial charge < -0.3 is 20.1 Å². The maximum absolute atomic E-state index is 12.2. The Hall–Kier alpha value is -2.69. The van der Waals surface area contributed by atoms with E-state index in [1.54, 1.807) is 0 Å². The number of carbonyl (C=O) groups excluding carboxylic acids is 1. The normalized spacial score (nSPS) is 22.8. The highest BCUT2D eigenvalue weighted by Gasteiger charge is 2.27. The fraction of sp³-hybridized carbons (Fsp3) is 0.316. The SMILES string of the molecule is O=C(CC1=CNC2C=CC=CC12)NCCc1ccc2c(c1)OCO2. The highest BCUT2D eigenvalue weighted by atomic mass is 16.7. The van der Waals surface area contributed by atoms with Gasteiger partial charge in [0.1, 0.15) is 0 Å². The van der Waals surface area contributed by atoms with Crippen LogP contribution in [0.1, 0.15) is 12.0 Å². The van der Waals surface area contributed by atoms with E-state index in [4.69, 9.17) is 9.47 Å². The molecule has 0 radical (unpaired) electrons. The van der Waals surface area contributed by atoms with E-state index in [1.807, 2.05) is 36.6 Å². The van der Waals surface area contributed by atoms with Crippen LogP contribution in [0.5, 0.6) is 11.5 Å². The summed E-state index contributed by atoms with van der Waals surface area (Å²) in [7, 11) is 0. The lowest BCUT2D eigenvalue weighted by Crippen LogP contribution is -2.28. The van der Waals surface area contributed by atoms with Crippen LogP contribution in [-0.2, 0) is 11.2 Å². The summed E-state index contributed by atoms with van der Waals surface area (Å²) in [4.78, 5) is 12.2. The molecule has 4 rings (SSSR count). The Morgan fingerprint density at radius 3 is 3.04 bits per heavy atom. The molecular formula is C19H20N2O3. The maximum atomic E-state index is 12.2. The summed E-state index contributed by atoms with van der Waals surface area (Å²) in [5.41, 5.74) is 2.27. The predicted octanol–water partition coefficient (Wildman–Crippen LogP) is 2.06. The molecule has 124 valence electrons. The molecule has 0 bridgehead atoms. The molecule has 5 nitrogen and oxygen atoms in total. The summed E-state index contributed by atoms with van der Waals surface area (Å²) in [6.45, 7) is 0.896. The second-order valence-corrected chi connectivity index (χ2v) is 6.17. The summed E-state index contributed by atoms with van der Waals surface area (Å²) in [5.74, 6) is 1.93. The van der Waals surface area contributed by atoms with E-state index in [0.717, 1.165) is 29.1 Å². The minimum absolute atomic E-state index is 0.0624. The first-order valence-corrected chi connectivity index (χ1v) is 8.25. The molecule has 0 aromatic heterocycles. The minimum atomic E-state index is 0.0624. The van der Waals surface area contributed by atoms with Crippen LogP contribution in [0.3, 0.4) is 0 Å². The Kier molecular flexibility index (Phi) is 3.99. The van der Waals surface area contributed by atoms with E-state index >= 15 is 0 Å². The molecule has 3 aliphatic rings. The number of rotatable bonds is 5. The Morgan fingerprint density at radius 2 is 2.08 bits per heavy atom. The second-order valence-electron chi connectivity index (χ2n) is 6.17. The van der Waals surface area contributed by atoms with Gasteiger partial charge in [-0.2, -0.15) is 0 Å². The monoisotopic (exact) mass is 324 g/mol. The molecule has 24 heavy (non-hydrogen) atoms. The van der Waals surface area contributed by atoms with Crippen LogP contribution >= 0.6 is 0 Å². The third kappa shape index (κ3) is 3.02. The highest BCUT2D eigenvalue weighted by molar-refractivity contribution is 5.79. The number of hydrogen-bond donors (Lipinski definition) is 2. The van der Waals surface area contributed by atoms with Gasteiger partial charge in [0.15, 0.2) is 11.5 Å². The van der Waals surface area contributed by atoms with Crippen molar-refractivity contribution >= 4 is 5.91 Å². The van der Waals surface area contributed by atoms with Gasteiger partial charge in [-0.15, -0.1) is 0 Å². The topological polar surface area (TPSA) is 59.6 Å². The minimum Gasteiger partial charge on any atom is -0.454 e. The second kappa shape index (κ2) is 6.43. The first-order valence-electron chi connectivity index (χ1n) is 8.25. The number of carbonyl (C=O) groups is 1. The van der Waals surface area contributed by atoms with Crippen LogP contribution in [0.2, 0.25) is 0 Å². The number of amides is 1. The quantitative estimate of drug-likeness (QED) is 0.870. The Bertz CT molecular complexity index is 736. The smallest absolute Gasteiger partial charge is 0.231 e. The van der Waals surface area contributed by atoms with Gasteiger partial charge >= 0.3 is 0 Å². The number of benzene rings is 1. The average molecular weight is 324 g/mol. The van der Waals surface area contributed by atoms with Gasteiger partial charge in [0, 0.05) is 18.9 Å². The van der Waals surface area contributed by atoms with Crippen molar-refractivity contribution in [2.24, 2.45) is 5.92 Å². The van der Waals surface area contributed by atoms with Crippen molar-refractivity contribution in [3.8, 4) is 11.5 Å². The fourth-order valence-electron chi connectivity index (χ4n) is 3.28. The van der Waals surface area contributed by atoms with E-state index in [2.05, 4.69) is 22.8 Å². The number of fused-ring (bicyclic) bond motifs is 2.